The quantitative estimate of drug-likeness (QED) is 0.785. The smallest absolute Gasteiger partial charge is 0.242 e. The van der Waals surface area contributed by atoms with Crippen molar-refractivity contribution >= 4 is 11.6 Å². The van der Waals surface area contributed by atoms with E-state index >= 15 is 0 Å². The average Bonchev–Trinajstić information content (AvgIpc) is 2.82. The SMILES string of the molecule is CCCN(CCC)C(=O)CN1CCc2ccccc21. The van der Waals surface area contributed by atoms with Crippen molar-refractivity contribution in [3.05, 3.63) is 29.8 Å². The minimum Gasteiger partial charge on any atom is -0.362 e. The van der Waals surface area contributed by atoms with Gasteiger partial charge in [-0.05, 0) is 30.9 Å². The van der Waals surface area contributed by atoms with Crippen molar-refractivity contribution in [3.63, 3.8) is 0 Å². The Morgan fingerprint density at radius 3 is 2.58 bits per heavy atom. The van der Waals surface area contributed by atoms with E-state index < -0.39 is 0 Å². The molecule has 1 aromatic rings. The summed E-state index contributed by atoms with van der Waals surface area (Å²) in [5.74, 6) is 0.264. The highest BCUT2D eigenvalue weighted by Crippen LogP contribution is 2.27. The van der Waals surface area contributed by atoms with E-state index in [0.717, 1.165) is 38.9 Å². The maximum atomic E-state index is 12.4. The lowest BCUT2D eigenvalue weighted by atomic mass is 10.2. The molecule has 0 saturated heterocycles. The summed E-state index contributed by atoms with van der Waals surface area (Å²) in [5, 5.41) is 0. The van der Waals surface area contributed by atoms with Gasteiger partial charge in [0.2, 0.25) is 5.91 Å². The van der Waals surface area contributed by atoms with Gasteiger partial charge in [-0.2, -0.15) is 0 Å². The van der Waals surface area contributed by atoms with Crippen LogP contribution in [0.1, 0.15) is 32.3 Å². The number of hydrogen-bond donors (Lipinski definition) is 0. The Bertz CT molecular complexity index is 425. The molecule has 0 saturated carbocycles. The number of carbonyl (C=O) groups is 1. The lowest BCUT2D eigenvalue weighted by Gasteiger charge is -2.26. The van der Waals surface area contributed by atoms with Gasteiger partial charge in [-0.25, -0.2) is 0 Å². The summed E-state index contributed by atoms with van der Waals surface area (Å²) in [6.07, 6.45) is 3.12. The summed E-state index contributed by atoms with van der Waals surface area (Å²) < 4.78 is 0. The van der Waals surface area contributed by atoms with Crippen LogP contribution >= 0.6 is 0 Å². The predicted molar refractivity (Wildman–Crippen MR) is 79.5 cm³/mol. The van der Waals surface area contributed by atoms with Crippen LogP contribution in [-0.2, 0) is 11.2 Å². The summed E-state index contributed by atoms with van der Waals surface area (Å²) in [5.41, 5.74) is 2.61. The number of para-hydroxylation sites is 1. The van der Waals surface area contributed by atoms with E-state index in [1.54, 1.807) is 0 Å². The summed E-state index contributed by atoms with van der Waals surface area (Å²) in [6, 6.07) is 8.41. The number of anilines is 1. The van der Waals surface area contributed by atoms with Crippen molar-refractivity contribution in [1.29, 1.82) is 0 Å². The molecule has 0 bridgehead atoms. The van der Waals surface area contributed by atoms with E-state index in [-0.39, 0.29) is 5.91 Å². The lowest BCUT2D eigenvalue weighted by Crippen LogP contribution is -2.40. The van der Waals surface area contributed by atoms with E-state index in [1.165, 1.54) is 11.3 Å². The van der Waals surface area contributed by atoms with Crippen LogP contribution in [-0.4, -0.2) is 37.0 Å². The van der Waals surface area contributed by atoms with Gasteiger partial charge in [-0.1, -0.05) is 32.0 Å². The number of carbonyl (C=O) groups excluding carboxylic acids is 1. The summed E-state index contributed by atoms with van der Waals surface area (Å²) in [4.78, 5) is 16.6. The second kappa shape index (κ2) is 6.60. The fraction of sp³-hybridized carbons (Fsp3) is 0.562. The molecule has 0 fully saturated rings. The fourth-order valence-electron chi connectivity index (χ4n) is 2.74. The van der Waals surface area contributed by atoms with Gasteiger partial charge in [0, 0.05) is 25.3 Å². The number of amides is 1. The minimum atomic E-state index is 0.264. The van der Waals surface area contributed by atoms with Crippen LogP contribution < -0.4 is 4.90 Å². The Hall–Kier alpha value is -1.51. The van der Waals surface area contributed by atoms with Crippen LogP contribution in [0.15, 0.2) is 24.3 Å². The van der Waals surface area contributed by atoms with E-state index in [9.17, 15) is 4.79 Å². The van der Waals surface area contributed by atoms with E-state index in [2.05, 4.69) is 43.0 Å². The van der Waals surface area contributed by atoms with Crippen LogP contribution in [0.3, 0.4) is 0 Å². The first-order valence-corrected chi connectivity index (χ1v) is 7.36. The van der Waals surface area contributed by atoms with Gasteiger partial charge in [0.25, 0.3) is 0 Å². The van der Waals surface area contributed by atoms with Crippen molar-refractivity contribution in [2.75, 3.05) is 31.1 Å². The molecule has 104 valence electrons. The van der Waals surface area contributed by atoms with Gasteiger partial charge in [0.15, 0.2) is 0 Å². The van der Waals surface area contributed by atoms with Crippen LogP contribution in [0.25, 0.3) is 0 Å². The highest BCUT2D eigenvalue weighted by Gasteiger charge is 2.22. The molecule has 0 spiro atoms. The molecule has 0 radical (unpaired) electrons. The Labute approximate surface area is 116 Å². The Morgan fingerprint density at radius 1 is 1.21 bits per heavy atom. The number of rotatable bonds is 6. The predicted octanol–water partition coefficient (Wildman–Crippen LogP) is 2.70. The molecule has 1 heterocycles. The molecule has 0 atom stereocenters. The van der Waals surface area contributed by atoms with Gasteiger partial charge in [-0.15, -0.1) is 0 Å². The zero-order valence-electron chi connectivity index (χ0n) is 12.1. The standard InChI is InChI=1S/C16H24N2O/c1-3-10-17(11-4-2)16(19)13-18-12-9-14-7-5-6-8-15(14)18/h5-8H,3-4,9-13H2,1-2H3. The van der Waals surface area contributed by atoms with Crippen molar-refractivity contribution in [2.45, 2.75) is 33.1 Å². The third-order valence-electron chi connectivity index (χ3n) is 3.65. The zero-order valence-corrected chi connectivity index (χ0v) is 12.1. The highest BCUT2D eigenvalue weighted by molar-refractivity contribution is 5.82. The Morgan fingerprint density at radius 2 is 1.89 bits per heavy atom. The minimum absolute atomic E-state index is 0.264. The van der Waals surface area contributed by atoms with Crippen LogP contribution in [0.2, 0.25) is 0 Å². The number of fused-ring (bicyclic) bond motifs is 1. The molecule has 0 aliphatic carbocycles. The van der Waals surface area contributed by atoms with Crippen LogP contribution in [0.4, 0.5) is 5.69 Å². The molecule has 1 amide bonds. The maximum absolute atomic E-state index is 12.4. The fourth-order valence-corrected chi connectivity index (χ4v) is 2.74. The normalized spacial score (nSPS) is 13.5. The first-order valence-electron chi connectivity index (χ1n) is 7.36. The summed E-state index contributed by atoms with van der Waals surface area (Å²) in [6.45, 7) is 7.50. The van der Waals surface area contributed by atoms with Crippen LogP contribution in [0.5, 0.6) is 0 Å². The topological polar surface area (TPSA) is 23.6 Å². The third-order valence-corrected chi connectivity index (χ3v) is 3.65. The number of hydrogen-bond acceptors (Lipinski definition) is 2. The first kappa shape index (κ1) is 13.9. The van der Waals surface area contributed by atoms with E-state index in [1.807, 2.05) is 4.90 Å². The Balaban J connectivity index is 1.99. The summed E-state index contributed by atoms with van der Waals surface area (Å²) >= 11 is 0. The lowest BCUT2D eigenvalue weighted by molar-refractivity contribution is -0.129. The molecule has 19 heavy (non-hydrogen) atoms. The van der Waals surface area contributed by atoms with Crippen molar-refractivity contribution < 1.29 is 4.79 Å². The van der Waals surface area contributed by atoms with Crippen molar-refractivity contribution in [1.82, 2.24) is 4.90 Å². The molecule has 1 aliphatic heterocycles. The molecule has 3 heteroatoms. The molecular weight excluding hydrogens is 236 g/mol. The monoisotopic (exact) mass is 260 g/mol. The second-order valence-corrected chi connectivity index (χ2v) is 5.18. The van der Waals surface area contributed by atoms with Gasteiger partial charge in [0.1, 0.15) is 0 Å². The van der Waals surface area contributed by atoms with Crippen molar-refractivity contribution in [3.8, 4) is 0 Å². The zero-order chi connectivity index (χ0) is 13.7. The van der Waals surface area contributed by atoms with Gasteiger partial charge in [-0.3, -0.25) is 4.79 Å². The Kier molecular flexibility index (Phi) is 4.83. The molecule has 3 nitrogen and oxygen atoms in total. The first-order chi connectivity index (χ1) is 9.26. The van der Waals surface area contributed by atoms with Crippen LogP contribution in [0, 0.1) is 0 Å². The van der Waals surface area contributed by atoms with Crippen molar-refractivity contribution in [2.24, 2.45) is 0 Å². The maximum Gasteiger partial charge on any atom is 0.242 e. The van der Waals surface area contributed by atoms with E-state index in [0.29, 0.717) is 6.54 Å². The summed E-state index contributed by atoms with van der Waals surface area (Å²) in [7, 11) is 0. The second-order valence-electron chi connectivity index (χ2n) is 5.18. The number of nitrogens with zero attached hydrogens (tertiary/aromatic N) is 2. The number of benzene rings is 1. The molecular formula is C16H24N2O. The van der Waals surface area contributed by atoms with Gasteiger partial charge < -0.3 is 9.80 Å². The van der Waals surface area contributed by atoms with Gasteiger partial charge in [0.05, 0.1) is 6.54 Å². The van der Waals surface area contributed by atoms with Gasteiger partial charge >= 0.3 is 0 Å². The average molecular weight is 260 g/mol. The highest BCUT2D eigenvalue weighted by atomic mass is 16.2. The largest absolute Gasteiger partial charge is 0.362 e. The molecule has 1 aromatic carbocycles. The molecule has 1 aliphatic rings. The molecule has 0 aromatic heterocycles. The molecule has 0 N–H and O–H groups in total. The molecule has 2 rings (SSSR count). The van der Waals surface area contributed by atoms with E-state index in [4.69, 9.17) is 0 Å². The third kappa shape index (κ3) is 3.28. The molecule has 0 unspecified atom stereocenters.